The van der Waals surface area contributed by atoms with Crippen LogP contribution >= 0.6 is 0 Å². The van der Waals surface area contributed by atoms with Crippen LogP contribution in [0, 0.1) is 5.82 Å². The predicted molar refractivity (Wildman–Crippen MR) is 100 cm³/mol. The molecule has 0 heterocycles. The first-order valence-electron chi connectivity index (χ1n) is 8.21. The van der Waals surface area contributed by atoms with Gasteiger partial charge in [0.1, 0.15) is 25.0 Å². The van der Waals surface area contributed by atoms with Crippen LogP contribution in [0.5, 0.6) is 5.75 Å². The van der Waals surface area contributed by atoms with Crippen LogP contribution in [-0.4, -0.2) is 26.1 Å². The van der Waals surface area contributed by atoms with Crippen molar-refractivity contribution in [3.05, 3.63) is 53.8 Å². The van der Waals surface area contributed by atoms with Crippen LogP contribution in [0.1, 0.15) is 26.3 Å². The van der Waals surface area contributed by atoms with Gasteiger partial charge in [0.2, 0.25) is 0 Å². The lowest BCUT2D eigenvalue weighted by Gasteiger charge is -2.19. The molecule has 2 aromatic carbocycles. The van der Waals surface area contributed by atoms with E-state index in [1.165, 1.54) is 6.07 Å². The van der Waals surface area contributed by atoms with Gasteiger partial charge in [0.05, 0.1) is 6.61 Å². The van der Waals surface area contributed by atoms with Crippen LogP contribution in [0.4, 0.5) is 14.9 Å². The Morgan fingerprint density at radius 2 is 1.84 bits per heavy atom. The Kier molecular flexibility index (Phi) is 6.07. The van der Waals surface area contributed by atoms with Crippen LogP contribution in [0.25, 0.3) is 0 Å². The van der Waals surface area contributed by atoms with Gasteiger partial charge in [-0.2, -0.15) is 0 Å². The van der Waals surface area contributed by atoms with E-state index >= 15 is 0 Å². The van der Waals surface area contributed by atoms with Gasteiger partial charge in [-0.3, -0.25) is 5.32 Å². The van der Waals surface area contributed by atoms with Crippen molar-refractivity contribution in [1.82, 2.24) is 0 Å². The standard InChI is InChI=1S/C19H23BFNO3/c1-19(2,3)25-18(23)22-14-6-4-13(5-7-14)10-11-24-15-8-9-16(20)17(21)12-15/h4-9,12H,10-11,20H2,1-3H3,(H,22,23). The summed E-state index contributed by atoms with van der Waals surface area (Å²) in [6, 6.07) is 12.3. The summed E-state index contributed by atoms with van der Waals surface area (Å²) >= 11 is 0. The molecule has 0 bridgehead atoms. The third-order valence-corrected chi connectivity index (χ3v) is 3.40. The molecule has 0 spiro atoms. The van der Waals surface area contributed by atoms with Gasteiger partial charge >= 0.3 is 6.09 Å². The van der Waals surface area contributed by atoms with Crippen molar-refractivity contribution in [3.8, 4) is 5.75 Å². The van der Waals surface area contributed by atoms with Crippen molar-refractivity contribution in [2.75, 3.05) is 11.9 Å². The van der Waals surface area contributed by atoms with Crippen molar-refractivity contribution < 1.29 is 18.7 Å². The summed E-state index contributed by atoms with van der Waals surface area (Å²) in [5.74, 6) is 0.251. The van der Waals surface area contributed by atoms with E-state index < -0.39 is 11.7 Å². The molecule has 25 heavy (non-hydrogen) atoms. The van der Waals surface area contributed by atoms with Gasteiger partial charge in [-0.25, -0.2) is 9.18 Å². The zero-order chi connectivity index (χ0) is 18.4. The monoisotopic (exact) mass is 343 g/mol. The lowest BCUT2D eigenvalue weighted by Crippen LogP contribution is -2.27. The van der Waals surface area contributed by atoms with E-state index in [0.29, 0.717) is 29.9 Å². The second kappa shape index (κ2) is 8.05. The van der Waals surface area contributed by atoms with Crippen molar-refractivity contribution in [1.29, 1.82) is 0 Å². The molecule has 1 N–H and O–H groups in total. The van der Waals surface area contributed by atoms with Gasteiger partial charge in [0, 0.05) is 18.2 Å². The second-order valence-corrected chi connectivity index (χ2v) is 6.83. The molecule has 0 saturated carbocycles. The highest BCUT2D eigenvalue weighted by molar-refractivity contribution is 6.32. The molecule has 0 aliphatic carbocycles. The maximum atomic E-state index is 13.5. The second-order valence-electron chi connectivity index (χ2n) is 6.83. The summed E-state index contributed by atoms with van der Waals surface area (Å²) in [5.41, 5.74) is 1.79. The highest BCUT2D eigenvalue weighted by atomic mass is 19.1. The van der Waals surface area contributed by atoms with Crippen molar-refractivity contribution in [3.63, 3.8) is 0 Å². The summed E-state index contributed by atoms with van der Waals surface area (Å²) < 4.78 is 24.2. The summed E-state index contributed by atoms with van der Waals surface area (Å²) in [6.45, 7) is 5.89. The lowest BCUT2D eigenvalue weighted by atomic mass is 9.96. The van der Waals surface area contributed by atoms with Gasteiger partial charge in [-0.05, 0) is 44.5 Å². The van der Waals surface area contributed by atoms with Gasteiger partial charge in [0.25, 0.3) is 0 Å². The van der Waals surface area contributed by atoms with Gasteiger partial charge < -0.3 is 9.47 Å². The van der Waals surface area contributed by atoms with Gasteiger partial charge in [-0.15, -0.1) is 0 Å². The number of amides is 1. The minimum absolute atomic E-state index is 0.268. The van der Waals surface area contributed by atoms with E-state index in [-0.39, 0.29) is 5.82 Å². The number of nitrogens with one attached hydrogen (secondary N) is 1. The van der Waals surface area contributed by atoms with Gasteiger partial charge in [0.15, 0.2) is 0 Å². The third-order valence-electron chi connectivity index (χ3n) is 3.40. The number of hydrogen-bond donors (Lipinski definition) is 1. The molecule has 6 heteroatoms. The first-order valence-corrected chi connectivity index (χ1v) is 8.21. The predicted octanol–water partition coefficient (Wildman–Crippen LogP) is 3.05. The molecule has 132 valence electrons. The molecule has 1 amide bonds. The van der Waals surface area contributed by atoms with Crippen LogP contribution in [0.3, 0.4) is 0 Å². The van der Waals surface area contributed by atoms with E-state index in [1.54, 1.807) is 20.0 Å². The molecule has 0 atom stereocenters. The fourth-order valence-electron chi connectivity index (χ4n) is 2.13. The highest BCUT2D eigenvalue weighted by Crippen LogP contribution is 2.14. The number of anilines is 1. The smallest absolute Gasteiger partial charge is 0.412 e. The van der Waals surface area contributed by atoms with Crippen LogP contribution in [-0.2, 0) is 11.2 Å². The normalized spacial score (nSPS) is 11.0. The van der Waals surface area contributed by atoms with Crippen LogP contribution in [0.15, 0.2) is 42.5 Å². The summed E-state index contributed by atoms with van der Waals surface area (Å²) in [6.07, 6.45) is 0.201. The number of carbonyl (C=O) groups is 1. The molecule has 0 saturated heterocycles. The summed E-state index contributed by atoms with van der Waals surface area (Å²) in [7, 11) is 1.71. The molecule has 0 unspecified atom stereocenters. The Bertz CT molecular complexity index is 726. The van der Waals surface area contributed by atoms with E-state index in [1.807, 2.05) is 45.0 Å². The van der Waals surface area contributed by atoms with Crippen molar-refractivity contribution >= 4 is 25.1 Å². The summed E-state index contributed by atoms with van der Waals surface area (Å²) in [5, 5.41) is 2.69. The molecular formula is C19H23BFNO3. The minimum Gasteiger partial charge on any atom is -0.493 e. The van der Waals surface area contributed by atoms with Crippen LogP contribution in [0.2, 0.25) is 0 Å². The minimum atomic E-state index is -0.531. The molecule has 2 rings (SSSR count). The molecule has 0 aromatic heterocycles. The zero-order valence-corrected chi connectivity index (χ0v) is 15.1. The molecular weight excluding hydrogens is 320 g/mol. The topological polar surface area (TPSA) is 47.6 Å². The lowest BCUT2D eigenvalue weighted by molar-refractivity contribution is 0.0636. The number of carbonyl (C=O) groups excluding carboxylic acids is 1. The number of rotatable bonds is 5. The molecule has 0 aliphatic heterocycles. The first kappa shape index (κ1) is 18.8. The van der Waals surface area contributed by atoms with E-state index in [4.69, 9.17) is 9.47 Å². The zero-order valence-electron chi connectivity index (χ0n) is 15.1. The number of ether oxygens (including phenoxy) is 2. The quantitative estimate of drug-likeness (QED) is 0.849. The number of halogens is 1. The molecule has 2 aromatic rings. The molecule has 4 nitrogen and oxygen atoms in total. The van der Waals surface area contributed by atoms with Crippen molar-refractivity contribution in [2.45, 2.75) is 32.8 Å². The SMILES string of the molecule is Bc1ccc(OCCc2ccc(NC(=O)OC(C)(C)C)cc2)cc1F. The maximum absolute atomic E-state index is 13.5. The average molecular weight is 343 g/mol. The first-order chi connectivity index (χ1) is 11.7. The van der Waals surface area contributed by atoms with E-state index in [2.05, 4.69) is 5.32 Å². The third kappa shape index (κ3) is 6.49. The van der Waals surface area contributed by atoms with Crippen LogP contribution < -0.4 is 15.5 Å². The highest BCUT2D eigenvalue weighted by Gasteiger charge is 2.16. The Morgan fingerprint density at radius 1 is 1.16 bits per heavy atom. The largest absolute Gasteiger partial charge is 0.493 e. The Morgan fingerprint density at radius 3 is 2.44 bits per heavy atom. The van der Waals surface area contributed by atoms with Crippen molar-refractivity contribution in [2.24, 2.45) is 0 Å². The number of benzene rings is 2. The Balaban J connectivity index is 1.82. The fourth-order valence-corrected chi connectivity index (χ4v) is 2.13. The molecule has 0 radical (unpaired) electrons. The van der Waals surface area contributed by atoms with E-state index in [9.17, 15) is 9.18 Å². The molecule has 0 aliphatic rings. The summed E-state index contributed by atoms with van der Waals surface area (Å²) in [4.78, 5) is 11.7. The number of hydrogen-bond acceptors (Lipinski definition) is 3. The average Bonchev–Trinajstić information content (AvgIpc) is 2.51. The van der Waals surface area contributed by atoms with E-state index in [0.717, 1.165) is 5.56 Å². The Hall–Kier alpha value is -2.50. The fraction of sp³-hybridized carbons (Fsp3) is 0.316. The maximum Gasteiger partial charge on any atom is 0.412 e. The van der Waals surface area contributed by atoms with Gasteiger partial charge in [-0.1, -0.05) is 23.7 Å². The molecule has 0 fully saturated rings. The Labute approximate surface area is 148 Å².